The predicted molar refractivity (Wildman–Crippen MR) is 133 cm³/mol. The molecule has 5 heteroatoms. The SMILES string of the molecule is COc1ccc(C(=O)N2CCN(c3cccc(C)c3C)CC2)cc1COc1cccc(C)c1. The number of rotatable bonds is 6. The van der Waals surface area contributed by atoms with Crippen LogP contribution in [0.5, 0.6) is 11.5 Å². The lowest BCUT2D eigenvalue weighted by Gasteiger charge is -2.37. The Hall–Kier alpha value is -3.47. The molecule has 33 heavy (non-hydrogen) atoms. The van der Waals surface area contributed by atoms with Crippen LogP contribution in [0.15, 0.2) is 60.7 Å². The minimum atomic E-state index is 0.0510. The lowest BCUT2D eigenvalue weighted by Crippen LogP contribution is -2.49. The van der Waals surface area contributed by atoms with Gasteiger partial charge in [-0.05, 0) is 73.9 Å². The molecule has 1 amide bonds. The fourth-order valence-electron chi connectivity index (χ4n) is 4.30. The first-order valence-electron chi connectivity index (χ1n) is 11.4. The van der Waals surface area contributed by atoms with Crippen LogP contribution in [0, 0.1) is 20.8 Å². The highest BCUT2D eigenvalue weighted by molar-refractivity contribution is 5.94. The van der Waals surface area contributed by atoms with Crippen LogP contribution < -0.4 is 14.4 Å². The average molecular weight is 445 g/mol. The first-order chi connectivity index (χ1) is 16.0. The molecular formula is C28H32N2O3. The number of nitrogens with zero attached hydrogens (tertiary/aromatic N) is 2. The highest BCUT2D eigenvalue weighted by Crippen LogP contribution is 2.26. The Kier molecular flexibility index (Phi) is 6.87. The van der Waals surface area contributed by atoms with E-state index in [1.807, 2.05) is 54.3 Å². The monoisotopic (exact) mass is 444 g/mol. The Morgan fingerprint density at radius 1 is 0.909 bits per heavy atom. The molecule has 3 aromatic carbocycles. The number of hydrogen-bond acceptors (Lipinski definition) is 4. The van der Waals surface area contributed by atoms with E-state index in [2.05, 4.69) is 36.9 Å². The van der Waals surface area contributed by atoms with Gasteiger partial charge < -0.3 is 19.3 Å². The van der Waals surface area contributed by atoms with Crippen LogP contribution in [0.3, 0.4) is 0 Å². The molecule has 0 atom stereocenters. The average Bonchev–Trinajstić information content (AvgIpc) is 2.84. The van der Waals surface area contributed by atoms with Crippen molar-refractivity contribution >= 4 is 11.6 Å². The van der Waals surface area contributed by atoms with Crippen molar-refractivity contribution in [3.8, 4) is 11.5 Å². The fraction of sp³-hybridized carbons (Fsp3) is 0.321. The van der Waals surface area contributed by atoms with Crippen molar-refractivity contribution in [3.63, 3.8) is 0 Å². The Bertz CT molecular complexity index is 1130. The van der Waals surface area contributed by atoms with Crippen LogP contribution >= 0.6 is 0 Å². The van der Waals surface area contributed by atoms with Crippen molar-refractivity contribution in [2.24, 2.45) is 0 Å². The van der Waals surface area contributed by atoms with Crippen molar-refractivity contribution in [2.75, 3.05) is 38.2 Å². The van der Waals surface area contributed by atoms with Gasteiger partial charge in [-0.2, -0.15) is 0 Å². The van der Waals surface area contributed by atoms with E-state index >= 15 is 0 Å². The van der Waals surface area contributed by atoms with Crippen molar-refractivity contribution in [3.05, 3.63) is 88.5 Å². The molecule has 5 nitrogen and oxygen atoms in total. The third kappa shape index (κ3) is 5.14. The van der Waals surface area contributed by atoms with E-state index in [0.717, 1.165) is 35.7 Å². The van der Waals surface area contributed by atoms with E-state index in [-0.39, 0.29) is 5.91 Å². The summed E-state index contributed by atoms with van der Waals surface area (Å²) in [7, 11) is 1.64. The maximum atomic E-state index is 13.3. The van der Waals surface area contributed by atoms with Gasteiger partial charge in [-0.25, -0.2) is 0 Å². The lowest BCUT2D eigenvalue weighted by atomic mass is 10.1. The van der Waals surface area contributed by atoms with Crippen LogP contribution in [0.4, 0.5) is 5.69 Å². The number of hydrogen-bond donors (Lipinski definition) is 0. The fourth-order valence-corrected chi connectivity index (χ4v) is 4.30. The van der Waals surface area contributed by atoms with Crippen LogP contribution in [0.1, 0.15) is 32.6 Å². The summed E-state index contributed by atoms with van der Waals surface area (Å²) in [5, 5.41) is 0. The van der Waals surface area contributed by atoms with Gasteiger partial charge in [-0.3, -0.25) is 4.79 Å². The van der Waals surface area contributed by atoms with Gasteiger partial charge >= 0.3 is 0 Å². The highest BCUT2D eigenvalue weighted by atomic mass is 16.5. The van der Waals surface area contributed by atoms with E-state index in [0.29, 0.717) is 25.3 Å². The standard InChI is InChI=1S/C28H32N2O3/c1-20-7-5-9-25(17-20)33-19-24-18-23(11-12-27(24)32-4)28(31)30-15-13-29(14-16-30)26-10-6-8-21(2)22(26)3/h5-12,17-18H,13-16,19H2,1-4H3. The number of aryl methyl sites for hydroxylation is 2. The number of carbonyl (C=O) groups is 1. The van der Waals surface area contributed by atoms with Crippen LogP contribution in [-0.2, 0) is 6.61 Å². The molecule has 172 valence electrons. The Morgan fingerprint density at radius 3 is 2.39 bits per heavy atom. The van der Waals surface area contributed by atoms with Gasteiger partial charge in [0.2, 0.25) is 0 Å². The van der Waals surface area contributed by atoms with Crippen molar-refractivity contribution in [1.29, 1.82) is 0 Å². The van der Waals surface area contributed by atoms with E-state index in [1.54, 1.807) is 7.11 Å². The van der Waals surface area contributed by atoms with E-state index < -0.39 is 0 Å². The quantitative estimate of drug-likeness (QED) is 0.527. The van der Waals surface area contributed by atoms with Crippen molar-refractivity contribution in [2.45, 2.75) is 27.4 Å². The summed E-state index contributed by atoms with van der Waals surface area (Å²) in [5.41, 5.74) is 6.54. The molecule has 1 aliphatic heterocycles. The Labute approximate surface area is 196 Å². The summed E-state index contributed by atoms with van der Waals surface area (Å²) < 4.78 is 11.5. The summed E-state index contributed by atoms with van der Waals surface area (Å²) in [6.45, 7) is 9.75. The summed E-state index contributed by atoms with van der Waals surface area (Å²) in [6, 6.07) is 19.9. The summed E-state index contributed by atoms with van der Waals surface area (Å²) in [6.07, 6.45) is 0. The minimum Gasteiger partial charge on any atom is -0.496 e. The number of anilines is 1. The van der Waals surface area contributed by atoms with E-state index in [1.165, 1.54) is 16.8 Å². The molecule has 0 saturated carbocycles. The molecule has 1 heterocycles. The molecule has 0 aromatic heterocycles. The lowest BCUT2D eigenvalue weighted by molar-refractivity contribution is 0.0746. The number of amides is 1. The van der Waals surface area contributed by atoms with Gasteiger partial charge in [0.05, 0.1) is 7.11 Å². The van der Waals surface area contributed by atoms with Crippen molar-refractivity contribution in [1.82, 2.24) is 4.90 Å². The number of ether oxygens (including phenoxy) is 2. The molecular weight excluding hydrogens is 412 g/mol. The predicted octanol–water partition coefficient (Wildman–Crippen LogP) is 5.16. The Balaban J connectivity index is 1.44. The zero-order chi connectivity index (χ0) is 23.4. The normalized spacial score (nSPS) is 13.7. The first-order valence-corrected chi connectivity index (χ1v) is 11.4. The van der Waals surface area contributed by atoms with Gasteiger partial charge in [0, 0.05) is 43.0 Å². The second kappa shape index (κ2) is 9.99. The number of methoxy groups -OCH3 is 1. The molecule has 0 unspecified atom stereocenters. The summed E-state index contributed by atoms with van der Waals surface area (Å²) in [4.78, 5) is 17.6. The van der Waals surface area contributed by atoms with Gasteiger partial charge in [-0.1, -0.05) is 24.3 Å². The molecule has 0 radical (unpaired) electrons. The molecule has 0 bridgehead atoms. The molecule has 0 aliphatic carbocycles. The van der Waals surface area contributed by atoms with Crippen molar-refractivity contribution < 1.29 is 14.3 Å². The highest BCUT2D eigenvalue weighted by Gasteiger charge is 2.24. The third-order valence-corrected chi connectivity index (χ3v) is 6.39. The number of piperazine rings is 1. The van der Waals surface area contributed by atoms with Gasteiger partial charge in [0.1, 0.15) is 18.1 Å². The maximum absolute atomic E-state index is 13.3. The maximum Gasteiger partial charge on any atom is 0.253 e. The van der Waals surface area contributed by atoms with Gasteiger partial charge in [0.25, 0.3) is 5.91 Å². The molecule has 1 fully saturated rings. The second-order valence-corrected chi connectivity index (χ2v) is 8.63. The topological polar surface area (TPSA) is 42.0 Å². The molecule has 3 aromatic rings. The zero-order valence-corrected chi connectivity index (χ0v) is 19.9. The molecule has 1 aliphatic rings. The summed E-state index contributed by atoms with van der Waals surface area (Å²) >= 11 is 0. The van der Waals surface area contributed by atoms with E-state index in [9.17, 15) is 4.79 Å². The molecule has 0 spiro atoms. The van der Waals surface area contributed by atoms with Gasteiger partial charge in [-0.15, -0.1) is 0 Å². The summed E-state index contributed by atoms with van der Waals surface area (Å²) in [5.74, 6) is 1.57. The zero-order valence-electron chi connectivity index (χ0n) is 19.9. The van der Waals surface area contributed by atoms with E-state index in [4.69, 9.17) is 9.47 Å². The largest absolute Gasteiger partial charge is 0.496 e. The second-order valence-electron chi connectivity index (χ2n) is 8.63. The third-order valence-electron chi connectivity index (χ3n) is 6.39. The van der Waals surface area contributed by atoms with Gasteiger partial charge in [0.15, 0.2) is 0 Å². The molecule has 0 N–H and O–H groups in total. The van der Waals surface area contributed by atoms with Crippen LogP contribution in [-0.4, -0.2) is 44.1 Å². The Morgan fingerprint density at radius 2 is 1.67 bits per heavy atom. The first kappa shape index (κ1) is 22.7. The smallest absolute Gasteiger partial charge is 0.253 e. The minimum absolute atomic E-state index is 0.0510. The molecule has 4 rings (SSSR count). The molecule has 1 saturated heterocycles. The van der Waals surface area contributed by atoms with Crippen LogP contribution in [0.2, 0.25) is 0 Å². The number of benzene rings is 3. The number of carbonyl (C=O) groups excluding carboxylic acids is 1. The van der Waals surface area contributed by atoms with Crippen LogP contribution in [0.25, 0.3) is 0 Å².